The molecule has 0 radical (unpaired) electrons. The van der Waals surface area contributed by atoms with Gasteiger partial charge in [-0.1, -0.05) is 25.1 Å². The summed E-state index contributed by atoms with van der Waals surface area (Å²) in [4.78, 5) is 13.4. The lowest BCUT2D eigenvalue weighted by Gasteiger charge is -2.10. The zero-order valence-electron chi connectivity index (χ0n) is 12.3. The largest absolute Gasteiger partial charge is 0.383 e. The zero-order chi connectivity index (χ0) is 14.8. The highest BCUT2D eigenvalue weighted by Crippen LogP contribution is 2.27. The number of hydrogen-bond acceptors (Lipinski definition) is 4. The van der Waals surface area contributed by atoms with Gasteiger partial charge < -0.3 is 5.73 Å². The third-order valence-electron chi connectivity index (χ3n) is 3.58. The fraction of sp³-hybridized carbons (Fsp3) is 0.235. The smallest absolute Gasteiger partial charge is 0.131 e. The third-order valence-corrected chi connectivity index (χ3v) is 3.58. The summed E-state index contributed by atoms with van der Waals surface area (Å²) >= 11 is 0. The fourth-order valence-corrected chi connectivity index (χ4v) is 2.41. The molecular formula is C17H18N4. The van der Waals surface area contributed by atoms with Gasteiger partial charge in [0.25, 0.3) is 0 Å². The van der Waals surface area contributed by atoms with E-state index in [4.69, 9.17) is 5.73 Å². The van der Waals surface area contributed by atoms with Crippen LogP contribution in [0.4, 0.5) is 5.82 Å². The fourth-order valence-electron chi connectivity index (χ4n) is 2.41. The Morgan fingerprint density at radius 1 is 1.14 bits per heavy atom. The van der Waals surface area contributed by atoms with Crippen molar-refractivity contribution in [1.82, 2.24) is 15.0 Å². The van der Waals surface area contributed by atoms with E-state index in [1.165, 1.54) is 0 Å². The predicted molar refractivity (Wildman–Crippen MR) is 85.9 cm³/mol. The first-order valence-corrected chi connectivity index (χ1v) is 7.17. The van der Waals surface area contributed by atoms with Crippen molar-refractivity contribution >= 4 is 16.7 Å². The second-order valence-corrected chi connectivity index (χ2v) is 5.16. The molecule has 3 aromatic rings. The average Bonchev–Trinajstić information content (AvgIpc) is 2.50. The van der Waals surface area contributed by atoms with E-state index in [1.807, 2.05) is 13.0 Å². The highest BCUT2D eigenvalue weighted by molar-refractivity contribution is 5.84. The highest BCUT2D eigenvalue weighted by Gasteiger charge is 2.11. The Morgan fingerprint density at radius 3 is 2.81 bits per heavy atom. The summed E-state index contributed by atoms with van der Waals surface area (Å²) in [7, 11) is 0. The molecule has 0 spiro atoms. The molecule has 0 saturated carbocycles. The monoisotopic (exact) mass is 278 g/mol. The van der Waals surface area contributed by atoms with Gasteiger partial charge >= 0.3 is 0 Å². The van der Waals surface area contributed by atoms with Gasteiger partial charge in [0, 0.05) is 29.1 Å². The van der Waals surface area contributed by atoms with Crippen LogP contribution < -0.4 is 5.73 Å². The van der Waals surface area contributed by atoms with Crippen LogP contribution in [-0.4, -0.2) is 15.0 Å². The van der Waals surface area contributed by atoms with Crippen LogP contribution in [0.5, 0.6) is 0 Å². The molecule has 0 aliphatic carbocycles. The molecule has 0 aliphatic heterocycles. The zero-order valence-corrected chi connectivity index (χ0v) is 12.3. The molecule has 0 unspecified atom stereocenters. The van der Waals surface area contributed by atoms with Crippen molar-refractivity contribution in [3.63, 3.8) is 0 Å². The Balaban J connectivity index is 2.16. The number of rotatable bonds is 3. The molecule has 2 heterocycles. The molecule has 0 bridgehead atoms. The van der Waals surface area contributed by atoms with E-state index in [0.717, 1.165) is 46.4 Å². The van der Waals surface area contributed by atoms with E-state index >= 15 is 0 Å². The number of nitrogens with two attached hydrogens (primary N) is 1. The van der Waals surface area contributed by atoms with E-state index in [1.54, 1.807) is 6.20 Å². The number of aryl methyl sites for hydroxylation is 1. The van der Waals surface area contributed by atoms with Crippen molar-refractivity contribution in [2.24, 2.45) is 0 Å². The minimum atomic E-state index is 0.560. The number of pyridine rings is 1. The number of hydrogen-bond donors (Lipinski definition) is 1. The van der Waals surface area contributed by atoms with Crippen LogP contribution in [0.2, 0.25) is 0 Å². The molecule has 2 aromatic heterocycles. The molecule has 106 valence electrons. The maximum Gasteiger partial charge on any atom is 0.131 e. The van der Waals surface area contributed by atoms with Gasteiger partial charge in [-0.25, -0.2) is 9.97 Å². The lowest BCUT2D eigenvalue weighted by Crippen LogP contribution is -2.04. The molecule has 0 fully saturated rings. The van der Waals surface area contributed by atoms with Crippen LogP contribution in [0.15, 0.2) is 36.5 Å². The number of aromatic nitrogens is 3. The highest BCUT2D eigenvalue weighted by atomic mass is 15.0. The maximum absolute atomic E-state index is 6.03. The number of benzene rings is 1. The third kappa shape index (κ3) is 2.57. The van der Waals surface area contributed by atoms with Gasteiger partial charge in [-0.15, -0.1) is 0 Å². The SMILES string of the molecule is CCCc1nc(N)c(C)c(-c2ccc3cccnc3c2)n1. The van der Waals surface area contributed by atoms with Crippen molar-refractivity contribution in [2.45, 2.75) is 26.7 Å². The standard InChI is InChI=1S/C17H18N4/c1-3-5-15-20-16(11(2)17(18)21-15)13-8-7-12-6-4-9-19-14(12)10-13/h4,6-10H,3,5H2,1-2H3,(H2,18,20,21). The van der Waals surface area contributed by atoms with E-state index < -0.39 is 0 Å². The van der Waals surface area contributed by atoms with Crippen LogP contribution >= 0.6 is 0 Å². The molecule has 4 heteroatoms. The predicted octanol–water partition coefficient (Wildman–Crippen LogP) is 3.53. The normalized spacial score (nSPS) is 11.0. The van der Waals surface area contributed by atoms with Gasteiger partial charge in [0.15, 0.2) is 0 Å². The number of nitrogen functional groups attached to an aromatic ring is 1. The number of fused-ring (bicyclic) bond motifs is 1. The van der Waals surface area contributed by atoms with Crippen molar-refractivity contribution < 1.29 is 0 Å². The van der Waals surface area contributed by atoms with Crippen LogP contribution in [0.25, 0.3) is 22.2 Å². The molecule has 0 amide bonds. The molecule has 4 nitrogen and oxygen atoms in total. The summed E-state index contributed by atoms with van der Waals surface area (Å²) in [5, 5.41) is 1.12. The van der Waals surface area contributed by atoms with Crippen molar-refractivity contribution in [3.8, 4) is 11.3 Å². The second kappa shape index (κ2) is 5.48. The topological polar surface area (TPSA) is 64.7 Å². The van der Waals surface area contributed by atoms with Crippen LogP contribution in [-0.2, 0) is 6.42 Å². The summed E-state index contributed by atoms with van der Waals surface area (Å²) in [5.74, 6) is 1.36. The van der Waals surface area contributed by atoms with Gasteiger partial charge in [-0.05, 0) is 25.5 Å². The Hall–Kier alpha value is -2.49. The molecule has 21 heavy (non-hydrogen) atoms. The molecular weight excluding hydrogens is 260 g/mol. The minimum Gasteiger partial charge on any atom is -0.383 e. The molecule has 0 saturated heterocycles. The number of anilines is 1. The van der Waals surface area contributed by atoms with Gasteiger partial charge in [-0.2, -0.15) is 0 Å². The van der Waals surface area contributed by atoms with Crippen LogP contribution in [0.3, 0.4) is 0 Å². The minimum absolute atomic E-state index is 0.560. The molecule has 1 aromatic carbocycles. The van der Waals surface area contributed by atoms with Crippen LogP contribution in [0.1, 0.15) is 24.7 Å². The maximum atomic E-state index is 6.03. The first-order valence-electron chi connectivity index (χ1n) is 7.17. The van der Waals surface area contributed by atoms with Crippen molar-refractivity contribution in [1.29, 1.82) is 0 Å². The van der Waals surface area contributed by atoms with Crippen molar-refractivity contribution in [2.75, 3.05) is 5.73 Å². The second-order valence-electron chi connectivity index (χ2n) is 5.16. The summed E-state index contributed by atoms with van der Waals surface area (Å²) in [5.41, 5.74) is 9.85. The Labute approximate surface area is 124 Å². The summed E-state index contributed by atoms with van der Waals surface area (Å²) in [6.07, 6.45) is 3.64. The van der Waals surface area contributed by atoms with Crippen molar-refractivity contribution in [3.05, 3.63) is 47.9 Å². The van der Waals surface area contributed by atoms with E-state index in [9.17, 15) is 0 Å². The van der Waals surface area contributed by atoms with Gasteiger partial charge in [0.2, 0.25) is 0 Å². The van der Waals surface area contributed by atoms with Crippen LogP contribution in [0, 0.1) is 6.92 Å². The molecule has 2 N–H and O–H groups in total. The lowest BCUT2D eigenvalue weighted by atomic mass is 10.0. The van der Waals surface area contributed by atoms with Gasteiger partial charge in [0.05, 0.1) is 11.2 Å². The van der Waals surface area contributed by atoms with Gasteiger partial charge in [-0.3, -0.25) is 4.98 Å². The quantitative estimate of drug-likeness (QED) is 0.796. The lowest BCUT2D eigenvalue weighted by molar-refractivity contribution is 0.836. The average molecular weight is 278 g/mol. The summed E-state index contributed by atoms with van der Waals surface area (Å²) in [6, 6.07) is 10.2. The Kier molecular flexibility index (Phi) is 3.52. The summed E-state index contributed by atoms with van der Waals surface area (Å²) in [6.45, 7) is 4.07. The summed E-state index contributed by atoms with van der Waals surface area (Å²) < 4.78 is 0. The van der Waals surface area contributed by atoms with Gasteiger partial charge in [0.1, 0.15) is 11.6 Å². The van der Waals surface area contributed by atoms with E-state index in [0.29, 0.717) is 5.82 Å². The molecule has 0 atom stereocenters. The first-order chi connectivity index (χ1) is 10.2. The number of nitrogens with zero attached hydrogens (tertiary/aromatic N) is 3. The first kappa shape index (κ1) is 13.5. The Morgan fingerprint density at radius 2 is 2.00 bits per heavy atom. The molecule has 3 rings (SSSR count). The van der Waals surface area contributed by atoms with E-state index in [-0.39, 0.29) is 0 Å². The van der Waals surface area contributed by atoms with E-state index in [2.05, 4.69) is 46.1 Å². The molecule has 0 aliphatic rings. The Bertz CT molecular complexity index is 796.